The molecule has 0 aliphatic carbocycles. The van der Waals surface area contributed by atoms with Crippen LogP contribution in [0, 0.1) is 6.92 Å². The van der Waals surface area contributed by atoms with Crippen LogP contribution >= 0.6 is 0 Å². The zero-order valence-electron chi connectivity index (χ0n) is 10.2. The summed E-state index contributed by atoms with van der Waals surface area (Å²) in [5.74, 6) is 0. The van der Waals surface area contributed by atoms with E-state index in [0.29, 0.717) is 6.42 Å². The average molecular weight is 231 g/mol. The fraction of sp³-hybridized carbons (Fsp3) is 0.385. The van der Waals surface area contributed by atoms with E-state index >= 15 is 0 Å². The van der Waals surface area contributed by atoms with Crippen LogP contribution in [-0.2, 0) is 6.42 Å². The Morgan fingerprint density at radius 3 is 2.88 bits per heavy atom. The van der Waals surface area contributed by atoms with Crippen LogP contribution in [0.5, 0.6) is 0 Å². The second-order valence-electron chi connectivity index (χ2n) is 4.16. The van der Waals surface area contributed by atoms with Crippen LogP contribution in [0.25, 0.3) is 5.69 Å². The molecule has 1 atom stereocenters. The molecule has 4 heteroatoms. The predicted molar refractivity (Wildman–Crippen MR) is 66.1 cm³/mol. The van der Waals surface area contributed by atoms with Gasteiger partial charge >= 0.3 is 0 Å². The van der Waals surface area contributed by atoms with Gasteiger partial charge in [-0.3, -0.25) is 4.98 Å². The van der Waals surface area contributed by atoms with Crippen molar-refractivity contribution >= 4 is 0 Å². The minimum atomic E-state index is -0.312. The summed E-state index contributed by atoms with van der Waals surface area (Å²) in [6.07, 6.45) is 4.59. The van der Waals surface area contributed by atoms with Gasteiger partial charge in [0.05, 0.1) is 11.8 Å². The van der Waals surface area contributed by atoms with Gasteiger partial charge in [0.1, 0.15) is 0 Å². The lowest BCUT2D eigenvalue weighted by molar-refractivity contribution is 0.169. The van der Waals surface area contributed by atoms with Crippen molar-refractivity contribution in [3.8, 4) is 5.69 Å². The first kappa shape index (κ1) is 11.8. The highest BCUT2D eigenvalue weighted by molar-refractivity contribution is 5.32. The van der Waals surface area contributed by atoms with Gasteiger partial charge in [-0.15, -0.1) is 0 Å². The Balaban J connectivity index is 2.30. The molecular formula is C13H17N3O. The molecule has 4 nitrogen and oxygen atoms in total. The van der Waals surface area contributed by atoms with E-state index in [1.54, 1.807) is 12.4 Å². The quantitative estimate of drug-likeness (QED) is 0.874. The summed E-state index contributed by atoms with van der Waals surface area (Å²) in [5.41, 5.74) is 2.96. The second kappa shape index (κ2) is 5.10. The Kier molecular flexibility index (Phi) is 3.54. The van der Waals surface area contributed by atoms with Crippen molar-refractivity contribution < 1.29 is 5.11 Å². The van der Waals surface area contributed by atoms with Crippen LogP contribution < -0.4 is 0 Å². The molecule has 2 rings (SSSR count). The number of aliphatic hydroxyl groups excluding tert-OH is 1. The molecule has 0 saturated carbocycles. The minimum absolute atomic E-state index is 0.312. The molecule has 2 aromatic rings. The van der Waals surface area contributed by atoms with Crippen molar-refractivity contribution in [2.75, 3.05) is 0 Å². The van der Waals surface area contributed by atoms with Gasteiger partial charge in [-0.25, -0.2) is 4.68 Å². The molecule has 0 fully saturated rings. The monoisotopic (exact) mass is 231 g/mol. The van der Waals surface area contributed by atoms with Crippen LogP contribution in [0.1, 0.15) is 24.7 Å². The van der Waals surface area contributed by atoms with Crippen molar-refractivity contribution in [3.63, 3.8) is 0 Å². The zero-order chi connectivity index (χ0) is 12.3. The van der Waals surface area contributed by atoms with Crippen molar-refractivity contribution in [2.45, 2.75) is 32.8 Å². The Morgan fingerprint density at radius 2 is 2.18 bits per heavy atom. The van der Waals surface area contributed by atoms with Crippen molar-refractivity contribution in [2.24, 2.45) is 0 Å². The third kappa shape index (κ3) is 2.71. The largest absolute Gasteiger partial charge is 0.393 e. The highest BCUT2D eigenvalue weighted by atomic mass is 16.3. The Labute approximate surface area is 101 Å². The summed E-state index contributed by atoms with van der Waals surface area (Å²) in [7, 11) is 0. The lowest BCUT2D eigenvalue weighted by atomic mass is 10.1. The highest BCUT2D eigenvalue weighted by Gasteiger charge is 2.09. The van der Waals surface area contributed by atoms with E-state index in [9.17, 15) is 5.11 Å². The predicted octanol–water partition coefficient (Wildman–Crippen LogP) is 1.89. The molecule has 0 radical (unpaired) electrons. The first-order valence-corrected chi connectivity index (χ1v) is 5.84. The smallest absolute Gasteiger partial charge is 0.0682 e. The van der Waals surface area contributed by atoms with Crippen LogP contribution in [0.2, 0.25) is 0 Å². The Morgan fingerprint density at radius 1 is 1.35 bits per heavy atom. The molecule has 0 aliphatic heterocycles. The van der Waals surface area contributed by atoms with E-state index in [2.05, 4.69) is 10.1 Å². The number of aromatic nitrogens is 3. The molecule has 1 N–H and O–H groups in total. The SMILES string of the molecule is CC[C@H](O)Cc1ccnn1-c1ccnc(C)c1. The molecule has 0 bridgehead atoms. The van der Waals surface area contributed by atoms with Gasteiger partial charge in [0, 0.05) is 30.2 Å². The number of aryl methyl sites for hydroxylation is 1. The molecule has 0 unspecified atom stereocenters. The van der Waals surface area contributed by atoms with Crippen LogP contribution in [-0.4, -0.2) is 26.0 Å². The molecule has 0 saturated heterocycles. The summed E-state index contributed by atoms with van der Waals surface area (Å²) in [6, 6.07) is 5.84. The summed E-state index contributed by atoms with van der Waals surface area (Å²) >= 11 is 0. The van der Waals surface area contributed by atoms with E-state index in [1.165, 1.54) is 0 Å². The van der Waals surface area contributed by atoms with Gasteiger partial charge < -0.3 is 5.11 Å². The van der Waals surface area contributed by atoms with E-state index in [1.807, 2.05) is 36.7 Å². The van der Waals surface area contributed by atoms with Gasteiger partial charge in [0.15, 0.2) is 0 Å². The van der Waals surface area contributed by atoms with Crippen LogP contribution in [0.3, 0.4) is 0 Å². The standard InChI is InChI=1S/C13H17N3O/c1-3-13(17)9-12-5-7-15-16(12)11-4-6-14-10(2)8-11/h4-8,13,17H,3,9H2,1-2H3/t13-/m0/s1. The van der Waals surface area contributed by atoms with Gasteiger partial charge in [0.25, 0.3) is 0 Å². The number of hydrogen-bond acceptors (Lipinski definition) is 3. The molecular weight excluding hydrogens is 214 g/mol. The van der Waals surface area contributed by atoms with Crippen molar-refractivity contribution in [1.29, 1.82) is 0 Å². The number of aliphatic hydroxyl groups is 1. The molecule has 17 heavy (non-hydrogen) atoms. The average Bonchev–Trinajstić information content (AvgIpc) is 2.77. The van der Waals surface area contributed by atoms with Crippen molar-refractivity contribution in [3.05, 3.63) is 42.0 Å². The number of rotatable bonds is 4. The first-order chi connectivity index (χ1) is 8.20. The summed E-state index contributed by atoms with van der Waals surface area (Å²) in [4.78, 5) is 4.17. The number of hydrogen-bond donors (Lipinski definition) is 1. The summed E-state index contributed by atoms with van der Waals surface area (Å²) in [6.45, 7) is 3.93. The molecule has 2 heterocycles. The lowest BCUT2D eigenvalue weighted by Crippen LogP contribution is -2.12. The van der Waals surface area contributed by atoms with Crippen LogP contribution in [0.15, 0.2) is 30.6 Å². The Hall–Kier alpha value is -1.68. The van der Waals surface area contributed by atoms with E-state index in [0.717, 1.165) is 23.5 Å². The van der Waals surface area contributed by atoms with Crippen LogP contribution in [0.4, 0.5) is 0 Å². The topological polar surface area (TPSA) is 50.9 Å². The van der Waals surface area contributed by atoms with Gasteiger partial charge in [0.2, 0.25) is 0 Å². The maximum Gasteiger partial charge on any atom is 0.0682 e. The second-order valence-corrected chi connectivity index (χ2v) is 4.16. The summed E-state index contributed by atoms with van der Waals surface area (Å²) < 4.78 is 1.85. The minimum Gasteiger partial charge on any atom is -0.393 e. The third-order valence-electron chi connectivity index (χ3n) is 2.76. The molecule has 0 aliphatic rings. The fourth-order valence-corrected chi connectivity index (χ4v) is 1.77. The third-order valence-corrected chi connectivity index (χ3v) is 2.76. The van der Waals surface area contributed by atoms with E-state index in [4.69, 9.17) is 0 Å². The van der Waals surface area contributed by atoms with E-state index in [-0.39, 0.29) is 6.10 Å². The maximum absolute atomic E-state index is 9.70. The molecule has 2 aromatic heterocycles. The van der Waals surface area contributed by atoms with Crippen molar-refractivity contribution in [1.82, 2.24) is 14.8 Å². The van der Waals surface area contributed by atoms with E-state index < -0.39 is 0 Å². The summed E-state index contributed by atoms with van der Waals surface area (Å²) in [5, 5.41) is 14.0. The lowest BCUT2D eigenvalue weighted by Gasteiger charge is -2.10. The molecule has 0 spiro atoms. The molecule has 90 valence electrons. The zero-order valence-corrected chi connectivity index (χ0v) is 10.2. The molecule has 0 amide bonds. The maximum atomic E-state index is 9.70. The highest BCUT2D eigenvalue weighted by Crippen LogP contribution is 2.13. The fourth-order valence-electron chi connectivity index (χ4n) is 1.77. The Bertz CT molecular complexity index is 493. The number of nitrogens with zero attached hydrogens (tertiary/aromatic N) is 3. The van der Waals surface area contributed by atoms with Gasteiger partial charge in [-0.05, 0) is 31.5 Å². The van der Waals surface area contributed by atoms with Gasteiger partial charge in [-0.1, -0.05) is 6.92 Å². The first-order valence-electron chi connectivity index (χ1n) is 5.84. The molecule has 0 aromatic carbocycles. The van der Waals surface area contributed by atoms with Gasteiger partial charge in [-0.2, -0.15) is 5.10 Å². The number of pyridine rings is 1. The normalized spacial score (nSPS) is 12.6.